The number of methoxy groups -OCH3 is 1. The van der Waals surface area contributed by atoms with Gasteiger partial charge in [0.15, 0.2) is 10.8 Å². The zero-order valence-electron chi connectivity index (χ0n) is 13.3. The monoisotopic (exact) mass is 345 g/mol. The van der Waals surface area contributed by atoms with Crippen LogP contribution in [-0.2, 0) is 4.74 Å². The molecule has 0 aliphatic rings. The van der Waals surface area contributed by atoms with Crippen molar-refractivity contribution in [3.8, 4) is 0 Å². The van der Waals surface area contributed by atoms with Crippen molar-refractivity contribution in [2.75, 3.05) is 12.4 Å². The molecule has 3 rings (SSSR count). The molecule has 0 aliphatic heterocycles. The second-order valence-corrected chi connectivity index (χ2v) is 6.33. The number of hydrogen-bond donors (Lipinski definition) is 1. The molecule has 8 nitrogen and oxygen atoms in total. The lowest BCUT2D eigenvalue weighted by Crippen LogP contribution is -2.12. The fourth-order valence-electron chi connectivity index (χ4n) is 2.14. The van der Waals surface area contributed by atoms with Crippen LogP contribution in [-0.4, -0.2) is 38.7 Å². The lowest BCUT2D eigenvalue weighted by Gasteiger charge is -2.06. The van der Waals surface area contributed by atoms with Gasteiger partial charge in [0.05, 0.1) is 25.1 Å². The maximum absolute atomic E-state index is 12.3. The van der Waals surface area contributed by atoms with Crippen molar-refractivity contribution in [1.29, 1.82) is 0 Å². The zero-order valence-corrected chi connectivity index (χ0v) is 14.1. The molecule has 0 spiro atoms. The first-order valence-corrected chi connectivity index (χ1v) is 8.00. The summed E-state index contributed by atoms with van der Waals surface area (Å²) in [5.41, 5.74) is 1.12. The normalized spacial score (nSPS) is 11.0. The lowest BCUT2D eigenvalue weighted by atomic mass is 10.2. The molecule has 0 fully saturated rings. The van der Waals surface area contributed by atoms with Gasteiger partial charge in [0, 0.05) is 17.6 Å². The number of esters is 1. The summed E-state index contributed by atoms with van der Waals surface area (Å²) in [6.45, 7) is 4.02. The van der Waals surface area contributed by atoms with E-state index in [9.17, 15) is 9.59 Å². The SMILES string of the molecule is COC(=O)c1cnc(NC(=O)c2cnc3c(cnn3C(C)C)c2)s1. The third-order valence-corrected chi connectivity index (χ3v) is 4.19. The van der Waals surface area contributed by atoms with Crippen LogP contribution >= 0.6 is 11.3 Å². The van der Waals surface area contributed by atoms with Crippen molar-refractivity contribution in [2.24, 2.45) is 0 Å². The van der Waals surface area contributed by atoms with E-state index in [-0.39, 0.29) is 11.9 Å². The van der Waals surface area contributed by atoms with Crippen molar-refractivity contribution >= 4 is 39.4 Å². The minimum absolute atomic E-state index is 0.182. The van der Waals surface area contributed by atoms with E-state index >= 15 is 0 Å². The Labute approximate surface area is 141 Å². The van der Waals surface area contributed by atoms with Gasteiger partial charge in [0.1, 0.15) is 4.88 Å². The van der Waals surface area contributed by atoms with Crippen LogP contribution in [0.15, 0.2) is 24.7 Å². The average molecular weight is 345 g/mol. The summed E-state index contributed by atoms with van der Waals surface area (Å²) in [5, 5.41) is 8.02. The minimum atomic E-state index is -0.489. The first kappa shape index (κ1) is 16.1. The van der Waals surface area contributed by atoms with Gasteiger partial charge in [-0.25, -0.2) is 19.4 Å². The van der Waals surface area contributed by atoms with Crippen LogP contribution in [0.3, 0.4) is 0 Å². The standard InChI is InChI=1S/C15H15N5O3S/c1-8(2)20-12-9(6-18-20)4-10(5-16-12)13(21)19-15-17-7-11(24-15)14(22)23-3/h4-8H,1-3H3,(H,17,19,21). The van der Waals surface area contributed by atoms with Gasteiger partial charge in [-0.2, -0.15) is 5.10 Å². The summed E-state index contributed by atoms with van der Waals surface area (Å²) < 4.78 is 6.40. The molecule has 9 heteroatoms. The Bertz CT molecular complexity index is 915. The van der Waals surface area contributed by atoms with E-state index in [4.69, 9.17) is 0 Å². The summed E-state index contributed by atoms with van der Waals surface area (Å²) in [6, 6.07) is 1.90. The molecular weight excluding hydrogens is 330 g/mol. The van der Waals surface area contributed by atoms with Gasteiger partial charge < -0.3 is 4.74 Å². The highest BCUT2D eigenvalue weighted by atomic mass is 32.1. The molecule has 3 aromatic rings. The average Bonchev–Trinajstić information content (AvgIpc) is 3.19. The molecular formula is C15H15N5O3S. The number of nitrogens with zero attached hydrogens (tertiary/aromatic N) is 4. The van der Waals surface area contributed by atoms with Crippen LogP contribution in [0.5, 0.6) is 0 Å². The number of nitrogens with one attached hydrogen (secondary N) is 1. The number of thiazole rings is 1. The third-order valence-electron chi connectivity index (χ3n) is 3.30. The summed E-state index contributed by atoms with van der Waals surface area (Å²) in [6.07, 6.45) is 4.53. The van der Waals surface area contributed by atoms with Gasteiger partial charge in [-0.3, -0.25) is 10.1 Å². The lowest BCUT2D eigenvalue weighted by molar-refractivity contribution is 0.0606. The maximum atomic E-state index is 12.3. The van der Waals surface area contributed by atoms with Crippen molar-refractivity contribution in [3.63, 3.8) is 0 Å². The molecule has 0 aromatic carbocycles. The van der Waals surface area contributed by atoms with Crippen LogP contribution in [0.2, 0.25) is 0 Å². The van der Waals surface area contributed by atoms with Crippen LogP contribution < -0.4 is 5.32 Å². The largest absolute Gasteiger partial charge is 0.465 e. The number of pyridine rings is 1. The van der Waals surface area contributed by atoms with Gasteiger partial charge in [-0.1, -0.05) is 11.3 Å². The molecule has 24 heavy (non-hydrogen) atoms. The second kappa shape index (κ2) is 6.36. The first-order chi connectivity index (χ1) is 11.5. The van der Waals surface area contributed by atoms with E-state index < -0.39 is 5.97 Å². The molecule has 1 N–H and O–H groups in total. The van der Waals surface area contributed by atoms with Crippen molar-refractivity contribution < 1.29 is 14.3 Å². The van der Waals surface area contributed by atoms with Crippen LogP contribution in [0, 0.1) is 0 Å². The fraction of sp³-hybridized carbons (Fsp3) is 0.267. The Morgan fingerprint density at radius 2 is 2.04 bits per heavy atom. The van der Waals surface area contributed by atoms with Gasteiger partial charge in [-0.05, 0) is 19.9 Å². The second-order valence-electron chi connectivity index (χ2n) is 5.30. The van der Waals surface area contributed by atoms with E-state index in [2.05, 4.69) is 25.1 Å². The topological polar surface area (TPSA) is 99.0 Å². The Balaban J connectivity index is 1.81. The van der Waals surface area contributed by atoms with E-state index in [1.54, 1.807) is 16.9 Å². The van der Waals surface area contributed by atoms with E-state index in [0.717, 1.165) is 22.4 Å². The summed E-state index contributed by atoms with van der Waals surface area (Å²) in [7, 11) is 1.29. The molecule has 0 aliphatic carbocycles. The van der Waals surface area contributed by atoms with Gasteiger partial charge in [0.2, 0.25) is 0 Å². The summed E-state index contributed by atoms with van der Waals surface area (Å²) >= 11 is 1.05. The van der Waals surface area contributed by atoms with E-state index in [0.29, 0.717) is 15.6 Å². The van der Waals surface area contributed by atoms with Gasteiger partial charge >= 0.3 is 5.97 Å². The van der Waals surface area contributed by atoms with E-state index in [1.807, 2.05) is 13.8 Å². The predicted molar refractivity (Wildman–Crippen MR) is 89.3 cm³/mol. The molecule has 0 unspecified atom stereocenters. The third kappa shape index (κ3) is 2.98. The van der Waals surface area contributed by atoms with Crippen molar-refractivity contribution in [1.82, 2.24) is 19.7 Å². The first-order valence-electron chi connectivity index (χ1n) is 7.18. The van der Waals surface area contributed by atoms with Crippen LogP contribution in [0.25, 0.3) is 11.0 Å². The molecule has 3 heterocycles. The van der Waals surface area contributed by atoms with Gasteiger partial charge in [-0.15, -0.1) is 0 Å². The number of ether oxygens (including phenoxy) is 1. The number of rotatable bonds is 4. The molecule has 0 saturated carbocycles. The molecule has 1 amide bonds. The van der Waals surface area contributed by atoms with Crippen LogP contribution in [0.4, 0.5) is 5.13 Å². The van der Waals surface area contributed by atoms with Crippen molar-refractivity contribution in [2.45, 2.75) is 19.9 Å². The highest BCUT2D eigenvalue weighted by Gasteiger charge is 2.15. The smallest absolute Gasteiger partial charge is 0.349 e. The van der Waals surface area contributed by atoms with Crippen LogP contribution in [0.1, 0.15) is 39.9 Å². The summed E-state index contributed by atoms with van der Waals surface area (Å²) in [4.78, 5) is 32.4. The number of aromatic nitrogens is 4. The number of carbonyl (C=O) groups excluding carboxylic acids is 2. The molecule has 0 saturated heterocycles. The molecule has 0 atom stereocenters. The number of amides is 1. The van der Waals surface area contributed by atoms with Crippen molar-refractivity contribution in [3.05, 3.63) is 35.1 Å². The summed E-state index contributed by atoms with van der Waals surface area (Å²) in [5.74, 6) is -0.843. The Hall–Kier alpha value is -2.81. The predicted octanol–water partition coefficient (Wildman–Crippen LogP) is 2.51. The number of anilines is 1. The van der Waals surface area contributed by atoms with E-state index in [1.165, 1.54) is 19.5 Å². The Morgan fingerprint density at radius 1 is 1.25 bits per heavy atom. The van der Waals surface area contributed by atoms with Gasteiger partial charge in [0.25, 0.3) is 5.91 Å². The minimum Gasteiger partial charge on any atom is -0.465 e. The quantitative estimate of drug-likeness (QED) is 0.730. The Morgan fingerprint density at radius 3 is 2.75 bits per heavy atom. The zero-order chi connectivity index (χ0) is 17.3. The Kier molecular flexibility index (Phi) is 4.26. The number of carbonyl (C=O) groups is 2. The molecule has 0 radical (unpaired) electrons. The fourth-order valence-corrected chi connectivity index (χ4v) is 2.87. The number of hydrogen-bond acceptors (Lipinski definition) is 7. The molecule has 124 valence electrons. The highest BCUT2D eigenvalue weighted by molar-refractivity contribution is 7.17. The number of fused-ring (bicyclic) bond motifs is 1. The molecule has 3 aromatic heterocycles. The highest BCUT2D eigenvalue weighted by Crippen LogP contribution is 2.21. The molecule has 0 bridgehead atoms. The maximum Gasteiger partial charge on any atom is 0.349 e.